The molecular weight excluding hydrogens is 502 g/mol. The van der Waals surface area contributed by atoms with Crippen molar-refractivity contribution < 1.29 is 18.0 Å². The van der Waals surface area contributed by atoms with E-state index in [2.05, 4.69) is 27.1 Å². The highest BCUT2D eigenvalue weighted by Crippen LogP contribution is 2.28. The summed E-state index contributed by atoms with van der Waals surface area (Å²) in [7, 11) is -1.49. The van der Waals surface area contributed by atoms with Crippen molar-refractivity contribution in [2.45, 2.75) is 4.90 Å². The maximum atomic E-state index is 13.0. The summed E-state index contributed by atoms with van der Waals surface area (Å²) in [4.78, 5) is 40.1. The van der Waals surface area contributed by atoms with Gasteiger partial charge in [0.2, 0.25) is 16.0 Å². The summed E-state index contributed by atoms with van der Waals surface area (Å²) in [6.45, 7) is 4.89. The number of carbonyl (C=O) groups excluding carboxylic acids is 2. The summed E-state index contributed by atoms with van der Waals surface area (Å²) in [6.07, 6.45) is 1.60. The first-order chi connectivity index (χ1) is 17.3. The number of anilines is 2. The summed E-state index contributed by atoms with van der Waals surface area (Å²) in [5, 5.41) is 1.86. The minimum atomic E-state index is -3.57. The molecule has 11 nitrogen and oxygen atoms in total. The molecule has 0 saturated carbocycles. The standard InChI is InChI=1S/C23H27N7O4S2/c1-27-7-9-28(10-8-27)20-16-17(15-19-21(31)26-23(32)35-19)24-22(25-20)29-11-13-30(14-12-29)36(33,34)18-5-3-2-4-6-18/h2-6,15-16H,7-14H2,1H3,(H,26,31,32)/b19-15+. The molecule has 5 rings (SSSR count). The van der Waals surface area contributed by atoms with E-state index in [9.17, 15) is 18.0 Å². The van der Waals surface area contributed by atoms with E-state index >= 15 is 0 Å². The molecule has 1 aromatic carbocycles. The molecule has 0 bridgehead atoms. The molecule has 1 N–H and O–H groups in total. The minimum Gasteiger partial charge on any atom is -0.354 e. The molecule has 2 aromatic rings. The molecule has 0 unspecified atom stereocenters. The fourth-order valence-electron chi connectivity index (χ4n) is 4.28. The Balaban J connectivity index is 1.39. The molecule has 0 spiro atoms. The van der Waals surface area contributed by atoms with Gasteiger partial charge in [-0.15, -0.1) is 0 Å². The van der Waals surface area contributed by atoms with Crippen LogP contribution in [0, 0.1) is 0 Å². The summed E-state index contributed by atoms with van der Waals surface area (Å²) in [5.41, 5.74) is 0.528. The Morgan fingerprint density at radius 3 is 2.22 bits per heavy atom. The van der Waals surface area contributed by atoms with Crippen LogP contribution in [0.1, 0.15) is 5.69 Å². The number of thioether (sulfide) groups is 1. The summed E-state index contributed by atoms with van der Waals surface area (Å²) < 4.78 is 27.5. The third-order valence-corrected chi connectivity index (χ3v) is 9.09. The molecular formula is C23H27N7O4S2. The van der Waals surface area contributed by atoms with E-state index in [1.54, 1.807) is 36.4 Å². The van der Waals surface area contributed by atoms with E-state index in [-0.39, 0.29) is 9.80 Å². The molecule has 0 radical (unpaired) electrons. The van der Waals surface area contributed by atoms with Crippen LogP contribution in [0.15, 0.2) is 46.2 Å². The normalized spacial score (nSPS) is 21.3. The Morgan fingerprint density at radius 1 is 0.917 bits per heavy atom. The summed E-state index contributed by atoms with van der Waals surface area (Å²) >= 11 is 0.846. The maximum absolute atomic E-state index is 13.0. The van der Waals surface area contributed by atoms with Gasteiger partial charge in [0.25, 0.3) is 11.1 Å². The Labute approximate surface area is 214 Å². The molecule has 3 aliphatic heterocycles. The van der Waals surface area contributed by atoms with Gasteiger partial charge >= 0.3 is 0 Å². The highest BCUT2D eigenvalue weighted by molar-refractivity contribution is 8.18. The molecule has 190 valence electrons. The van der Waals surface area contributed by atoms with Crippen LogP contribution >= 0.6 is 11.8 Å². The van der Waals surface area contributed by atoms with Crippen molar-refractivity contribution in [3.63, 3.8) is 0 Å². The van der Waals surface area contributed by atoms with Crippen molar-refractivity contribution in [2.75, 3.05) is 69.2 Å². The number of carbonyl (C=O) groups is 2. The van der Waals surface area contributed by atoms with Gasteiger partial charge in [0.15, 0.2) is 0 Å². The Hall–Kier alpha value is -3.00. The molecule has 0 aliphatic carbocycles. The molecule has 3 aliphatic rings. The Kier molecular flexibility index (Phi) is 6.97. The SMILES string of the molecule is CN1CCN(c2cc(/C=C3/SC(=O)NC3=O)nc(N3CCN(S(=O)(=O)c4ccccc4)CC3)n2)CC1. The molecule has 3 fully saturated rings. The first-order valence-electron chi connectivity index (χ1n) is 11.7. The monoisotopic (exact) mass is 529 g/mol. The lowest BCUT2D eigenvalue weighted by Crippen LogP contribution is -2.49. The lowest BCUT2D eigenvalue weighted by Gasteiger charge is -2.36. The number of hydrogen-bond acceptors (Lipinski definition) is 10. The summed E-state index contributed by atoms with van der Waals surface area (Å²) in [5.74, 6) is 0.782. The van der Waals surface area contributed by atoms with Crippen LogP contribution in [-0.2, 0) is 14.8 Å². The second kappa shape index (κ2) is 10.2. The van der Waals surface area contributed by atoms with E-state index in [0.29, 0.717) is 37.8 Å². The van der Waals surface area contributed by atoms with Crippen LogP contribution in [0.4, 0.5) is 16.6 Å². The van der Waals surface area contributed by atoms with Gasteiger partial charge in [0, 0.05) is 58.4 Å². The zero-order valence-electron chi connectivity index (χ0n) is 19.8. The largest absolute Gasteiger partial charge is 0.354 e. The minimum absolute atomic E-state index is 0.280. The van der Waals surface area contributed by atoms with Gasteiger partial charge in [-0.2, -0.15) is 9.29 Å². The van der Waals surface area contributed by atoms with Crippen LogP contribution in [0.3, 0.4) is 0 Å². The number of hydrogen-bond donors (Lipinski definition) is 1. The zero-order chi connectivity index (χ0) is 25.3. The predicted molar refractivity (Wildman–Crippen MR) is 138 cm³/mol. The third kappa shape index (κ3) is 5.24. The van der Waals surface area contributed by atoms with E-state index in [1.165, 1.54) is 4.31 Å². The van der Waals surface area contributed by atoms with Crippen LogP contribution in [-0.4, -0.2) is 98.1 Å². The lowest BCUT2D eigenvalue weighted by atomic mass is 10.3. The highest BCUT2D eigenvalue weighted by atomic mass is 32.2. The molecule has 3 saturated heterocycles. The van der Waals surface area contributed by atoms with Crippen LogP contribution in [0.25, 0.3) is 6.08 Å². The van der Waals surface area contributed by atoms with Crippen molar-refractivity contribution in [2.24, 2.45) is 0 Å². The number of amides is 2. The van der Waals surface area contributed by atoms with Crippen molar-refractivity contribution >= 4 is 50.8 Å². The third-order valence-electron chi connectivity index (χ3n) is 6.37. The molecule has 13 heteroatoms. The van der Waals surface area contributed by atoms with Crippen molar-refractivity contribution in [3.8, 4) is 0 Å². The van der Waals surface area contributed by atoms with Crippen LogP contribution < -0.4 is 15.1 Å². The first kappa shape index (κ1) is 24.7. The van der Waals surface area contributed by atoms with Crippen LogP contribution in [0.2, 0.25) is 0 Å². The number of aromatic nitrogens is 2. The van der Waals surface area contributed by atoms with E-state index < -0.39 is 21.2 Å². The second-order valence-corrected chi connectivity index (χ2v) is 11.8. The molecule has 36 heavy (non-hydrogen) atoms. The Bertz CT molecular complexity index is 1290. The van der Waals surface area contributed by atoms with E-state index in [4.69, 9.17) is 4.98 Å². The smallest absolute Gasteiger partial charge is 0.290 e. The zero-order valence-corrected chi connectivity index (χ0v) is 21.5. The van der Waals surface area contributed by atoms with Gasteiger partial charge in [-0.1, -0.05) is 18.2 Å². The predicted octanol–water partition coefficient (Wildman–Crippen LogP) is 1.06. The van der Waals surface area contributed by atoms with E-state index in [0.717, 1.165) is 43.8 Å². The topological polar surface area (TPSA) is 119 Å². The number of piperazine rings is 2. The van der Waals surface area contributed by atoms with Crippen molar-refractivity contribution in [1.82, 2.24) is 24.5 Å². The number of benzene rings is 1. The molecule has 2 amide bonds. The average molecular weight is 530 g/mol. The summed E-state index contributed by atoms with van der Waals surface area (Å²) in [6, 6.07) is 10.3. The van der Waals surface area contributed by atoms with Crippen LogP contribution in [0.5, 0.6) is 0 Å². The van der Waals surface area contributed by atoms with Gasteiger partial charge < -0.3 is 14.7 Å². The molecule has 0 atom stereocenters. The van der Waals surface area contributed by atoms with Gasteiger partial charge in [-0.05, 0) is 37.0 Å². The number of nitrogens with one attached hydrogen (secondary N) is 1. The number of sulfonamides is 1. The maximum Gasteiger partial charge on any atom is 0.290 e. The van der Waals surface area contributed by atoms with Gasteiger partial charge in [0.05, 0.1) is 15.5 Å². The van der Waals surface area contributed by atoms with Crippen molar-refractivity contribution in [3.05, 3.63) is 47.0 Å². The molecule has 1 aromatic heterocycles. The average Bonchev–Trinajstić information content (AvgIpc) is 3.21. The first-order valence-corrected chi connectivity index (χ1v) is 13.9. The number of rotatable bonds is 5. The van der Waals surface area contributed by atoms with E-state index in [1.807, 2.05) is 11.0 Å². The quantitative estimate of drug-likeness (QED) is 0.563. The molecule has 4 heterocycles. The van der Waals surface area contributed by atoms with Gasteiger partial charge in [-0.3, -0.25) is 14.9 Å². The highest BCUT2D eigenvalue weighted by Gasteiger charge is 2.30. The van der Waals surface area contributed by atoms with Gasteiger partial charge in [-0.25, -0.2) is 13.4 Å². The van der Waals surface area contributed by atoms with Gasteiger partial charge in [0.1, 0.15) is 5.82 Å². The Morgan fingerprint density at radius 2 is 1.58 bits per heavy atom. The fraction of sp³-hybridized carbons (Fsp3) is 0.391. The fourth-order valence-corrected chi connectivity index (χ4v) is 6.39. The number of nitrogens with zero attached hydrogens (tertiary/aromatic N) is 6. The number of likely N-dealkylation sites (N-methyl/N-ethyl adjacent to an activating group) is 1. The van der Waals surface area contributed by atoms with Crippen molar-refractivity contribution in [1.29, 1.82) is 0 Å². The lowest BCUT2D eigenvalue weighted by molar-refractivity contribution is -0.115. The second-order valence-electron chi connectivity index (χ2n) is 8.80. The number of imide groups is 1.